The minimum atomic E-state index is -0.784. The van der Waals surface area contributed by atoms with Crippen LogP contribution in [0.5, 0.6) is 5.75 Å². The minimum Gasteiger partial charge on any atom is -0.497 e. The van der Waals surface area contributed by atoms with Crippen LogP contribution in [0.4, 0.5) is 20.6 Å². The van der Waals surface area contributed by atoms with Gasteiger partial charge in [0.25, 0.3) is 11.8 Å². The molecule has 2 aromatic carbocycles. The lowest BCUT2D eigenvalue weighted by Gasteiger charge is -2.30. The first-order valence-electron chi connectivity index (χ1n) is 12.6. The first kappa shape index (κ1) is 28.6. The highest BCUT2D eigenvalue weighted by atomic mass is 19.1. The number of anilines is 2. The van der Waals surface area contributed by atoms with E-state index < -0.39 is 29.3 Å². The molecular weight excluding hydrogens is 521 g/mol. The van der Waals surface area contributed by atoms with Crippen molar-refractivity contribution in [2.75, 3.05) is 43.7 Å². The Bertz CT molecular complexity index is 1430. The molecule has 4 rings (SSSR count). The average Bonchev–Trinajstić information content (AvgIpc) is 3.30. The highest BCUT2D eigenvalue weighted by molar-refractivity contribution is 6.09. The topological polar surface area (TPSA) is 129 Å². The summed E-state index contributed by atoms with van der Waals surface area (Å²) in [6.07, 6.45) is -0.450. The van der Waals surface area contributed by atoms with E-state index in [9.17, 15) is 14.4 Å². The van der Waals surface area contributed by atoms with E-state index in [-0.39, 0.29) is 48.9 Å². The molecule has 3 aromatic rings. The summed E-state index contributed by atoms with van der Waals surface area (Å²) >= 11 is 0. The van der Waals surface area contributed by atoms with Crippen LogP contribution < -0.4 is 20.3 Å². The third-order valence-electron chi connectivity index (χ3n) is 6.23. The normalized spacial score (nSPS) is 13.2. The van der Waals surface area contributed by atoms with Gasteiger partial charge in [-0.2, -0.15) is 5.10 Å². The van der Waals surface area contributed by atoms with E-state index in [1.807, 2.05) is 0 Å². The second kappa shape index (κ2) is 11.3. The van der Waals surface area contributed by atoms with Crippen molar-refractivity contribution < 1.29 is 33.0 Å². The zero-order valence-electron chi connectivity index (χ0n) is 23.1. The Morgan fingerprint density at radius 1 is 1.10 bits per heavy atom. The fourth-order valence-corrected chi connectivity index (χ4v) is 4.41. The van der Waals surface area contributed by atoms with E-state index in [1.54, 1.807) is 51.1 Å². The number of methoxy groups -OCH3 is 2. The number of rotatable bonds is 8. The van der Waals surface area contributed by atoms with Crippen LogP contribution in [0.1, 0.15) is 47.3 Å². The number of nitrogens with zero attached hydrogens (tertiary/aromatic N) is 4. The maximum atomic E-state index is 15.5. The molecule has 40 heavy (non-hydrogen) atoms. The number of ether oxygens (including phenoxy) is 3. The number of halogens is 1. The van der Waals surface area contributed by atoms with E-state index in [2.05, 4.69) is 5.10 Å². The maximum absolute atomic E-state index is 15.5. The van der Waals surface area contributed by atoms with E-state index in [4.69, 9.17) is 19.9 Å². The molecule has 0 unspecified atom stereocenters. The Morgan fingerprint density at radius 3 is 2.35 bits per heavy atom. The van der Waals surface area contributed by atoms with Crippen molar-refractivity contribution in [1.29, 1.82) is 0 Å². The Labute approximate surface area is 231 Å². The molecule has 3 amide bonds. The van der Waals surface area contributed by atoms with Crippen LogP contribution in [-0.2, 0) is 15.9 Å². The molecule has 0 bridgehead atoms. The Hall–Kier alpha value is -4.45. The standard InChI is InChI=1S/C28H32FN5O6/c1-28(2,3)40-27(37)33(14-15-38-4)22-11-8-18(16-21(22)29)32-13-12-20-23(25(30)35)31-34(24(20)26(32)36)17-6-9-19(39-5)10-7-17/h6-11,16H,12-15H2,1-5H3,(H2,30,35). The van der Waals surface area contributed by atoms with E-state index >= 15 is 4.39 Å². The number of fused-ring (bicyclic) bond motifs is 1. The number of hydrogen-bond donors (Lipinski definition) is 1. The summed E-state index contributed by atoms with van der Waals surface area (Å²) < 4.78 is 32.6. The number of carbonyl (C=O) groups is 3. The molecule has 0 radical (unpaired) electrons. The molecule has 212 valence electrons. The molecule has 1 aliphatic heterocycles. The molecule has 1 aromatic heterocycles. The van der Waals surface area contributed by atoms with Gasteiger partial charge in [0.1, 0.15) is 22.9 Å². The van der Waals surface area contributed by atoms with Crippen molar-refractivity contribution >= 4 is 29.3 Å². The van der Waals surface area contributed by atoms with Crippen molar-refractivity contribution in [2.24, 2.45) is 5.73 Å². The van der Waals surface area contributed by atoms with Crippen molar-refractivity contribution in [3.05, 3.63) is 65.2 Å². The molecule has 12 heteroatoms. The van der Waals surface area contributed by atoms with Crippen LogP contribution in [0.2, 0.25) is 0 Å². The molecule has 2 heterocycles. The number of amides is 3. The van der Waals surface area contributed by atoms with E-state index in [0.717, 1.165) is 4.90 Å². The molecule has 0 saturated heterocycles. The fraction of sp³-hybridized carbons (Fsp3) is 0.357. The number of benzene rings is 2. The Balaban J connectivity index is 1.70. The van der Waals surface area contributed by atoms with Crippen LogP contribution in [-0.4, -0.2) is 67.2 Å². The highest BCUT2D eigenvalue weighted by Gasteiger charge is 2.35. The van der Waals surface area contributed by atoms with Gasteiger partial charge in [0.2, 0.25) is 0 Å². The average molecular weight is 554 g/mol. The molecule has 1 aliphatic rings. The highest BCUT2D eigenvalue weighted by Crippen LogP contribution is 2.32. The lowest BCUT2D eigenvalue weighted by atomic mass is 10.0. The van der Waals surface area contributed by atoms with Crippen LogP contribution in [0.15, 0.2) is 42.5 Å². The van der Waals surface area contributed by atoms with Gasteiger partial charge in [0.15, 0.2) is 5.69 Å². The van der Waals surface area contributed by atoms with Gasteiger partial charge in [-0.25, -0.2) is 13.9 Å². The van der Waals surface area contributed by atoms with E-state index in [0.29, 0.717) is 17.0 Å². The Kier molecular flexibility index (Phi) is 8.10. The van der Waals surface area contributed by atoms with Crippen molar-refractivity contribution in [3.63, 3.8) is 0 Å². The SMILES string of the molecule is COCCN(C(=O)OC(C)(C)C)c1ccc(N2CCc3c(C(N)=O)nn(-c4ccc(OC)cc4)c3C2=O)cc1F. The van der Waals surface area contributed by atoms with Crippen LogP contribution in [0, 0.1) is 5.82 Å². The van der Waals surface area contributed by atoms with Gasteiger partial charge in [0.05, 0.1) is 31.6 Å². The van der Waals surface area contributed by atoms with Crippen LogP contribution in [0.3, 0.4) is 0 Å². The number of hydrogen-bond acceptors (Lipinski definition) is 7. The summed E-state index contributed by atoms with van der Waals surface area (Å²) in [4.78, 5) is 41.3. The van der Waals surface area contributed by atoms with Gasteiger partial charge >= 0.3 is 6.09 Å². The van der Waals surface area contributed by atoms with Crippen LogP contribution >= 0.6 is 0 Å². The monoisotopic (exact) mass is 553 g/mol. The van der Waals surface area contributed by atoms with Gasteiger partial charge in [-0.1, -0.05) is 0 Å². The molecule has 0 aliphatic carbocycles. The lowest BCUT2D eigenvalue weighted by molar-refractivity contribution is 0.0567. The zero-order valence-corrected chi connectivity index (χ0v) is 23.1. The minimum absolute atomic E-state index is 0.00601. The predicted octanol–water partition coefficient (Wildman–Crippen LogP) is 3.71. The second-order valence-electron chi connectivity index (χ2n) is 10.1. The Morgan fingerprint density at radius 2 is 1.77 bits per heavy atom. The van der Waals surface area contributed by atoms with Gasteiger partial charge in [0, 0.05) is 24.9 Å². The molecule has 0 saturated carbocycles. The second-order valence-corrected chi connectivity index (χ2v) is 10.1. The summed E-state index contributed by atoms with van der Waals surface area (Å²) in [5.41, 5.74) is 6.16. The predicted molar refractivity (Wildman–Crippen MR) is 146 cm³/mol. The van der Waals surface area contributed by atoms with Crippen molar-refractivity contribution in [1.82, 2.24) is 9.78 Å². The number of nitrogens with two attached hydrogens (primary N) is 1. The quantitative estimate of drug-likeness (QED) is 0.450. The lowest BCUT2D eigenvalue weighted by Crippen LogP contribution is -2.40. The molecule has 11 nitrogen and oxygen atoms in total. The summed E-state index contributed by atoms with van der Waals surface area (Å²) in [6, 6.07) is 11.0. The third kappa shape index (κ3) is 5.76. The third-order valence-corrected chi connectivity index (χ3v) is 6.23. The number of aromatic nitrogens is 2. The van der Waals surface area contributed by atoms with E-state index in [1.165, 1.54) is 35.9 Å². The molecule has 0 fully saturated rings. The smallest absolute Gasteiger partial charge is 0.414 e. The molecule has 2 N–H and O–H groups in total. The van der Waals surface area contributed by atoms with Crippen LogP contribution in [0.25, 0.3) is 5.69 Å². The zero-order chi connectivity index (χ0) is 29.2. The van der Waals surface area contributed by atoms with Gasteiger partial charge in [-0.05, 0) is 69.7 Å². The fourth-order valence-electron chi connectivity index (χ4n) is 4.41. The molecule has 0 atom stereocenters. The van der Waals surface area contributed by atoms with Crippen molar-refractivity contribution in [3.8, 4) is 11.4 Å². The molecular formula is C28H32FN5O6. The molecule has 0 spiro atoms. The summed E-state index contributed by atoms with van der Waals surface area (Å²) in [5, 5.41) is 4.34. The largest absolute Gasteiger partial charge is 0.497 e. The summed E-state index contributed by atoms with van der Waals surface area (Å²) in [6.45, 7) is 5.54. The van der Waals surface area contributed by atoms with Gasteiger partial charge in [-0.3, -0.25) is 14.5 Å². The first-order chi connectivity index (χ1) is 18.9. The first-order valence-corrected chi connectivity index (χ1v) is 12.6. The summed E-state index contributed by atoms with van der Waals surface area (Å²) in [5.74, 6) is -1.35. The van der Waals surface area contributed by atoms with Gasteiger partial charge < -0.3 is 24.8 Å². The summed E-state index contributed by atoms with van der Waals surface area (Å²) in [7, 11) is 3.01. The number of carbonyl (C=O) groups excluding carboxylic acids is 3. The van der Waals surface area contributed by atoms with Crippen molar-refractivity contribution in [2.45, 2.75) is 32.8 Å². The van der Waals surface area contributed by atoms with Gasteiger partial charge in [-0.15, -0.1) is 0 Å². The number of primary amides is 1. The maximum Gasteiger partial charge on any atom is 0.414 e.